The number of nitrogens with zero attached hydrogens (tertiary/aromatic N) is 3. The second-order valence-electron chi connectivity index (χ2n) is 2.11. The van der Waals surface area contributed by atoms with Gasteiger partial charge in [-0.1, -0.05) is 6.92 Å². The molecule has 3 N–H and O–H groups in total. The topological polar surface area (TPSA) is 135 Å². The molecule has 0 saturated heterocycles. The van der Waals surface area contributed by atoms with Gasteiger partial charge in [0.25, 0.3) is 0 Å². The number of carbonyl (C=O) groups excluding carboxylic acids is 1. The van der Waals surface area contributed by atoms with E-state index in [0.717, 1.165) is 0 Å². The van der Waals surface area contributed by atoms with Crippen molar-refractivity contribution in [1.29, 1.82) is 16.6 Å². The highest BCUT2D eigenvalue weighted by atomic mass is 16.5. The molecule has 0 radical (unpaired) electrons. The molecule has 13 heavy (non-hydrogen) atoms. The summed E-state index contributed by atoms with van der Waals surface area (Å²) in [5, 5.41) is 8.03. The predicted molar refractivity (Wildman–Crippen MR) is 39.4 cm³/mol. The maximum atomic E-state index is 11.1. The van der Waals surface area contributed by atoms with Crippen LogP contribution in [0.3, 0.4) is 0 Å². The molecule has 72 valence electrons. The van der Waals surface area contributed by atoms with E-state index in [4.69, 9.17) is 16.6 Å². The first-order chi connectivity index (χ1) is 6.16. The molecule has 0 amide bonds. The zero-order chi connectivity index (χ0) is 10.3. The van der Waals surface area contributed by atoms with Gasteiger partial charge in [0, 0.05) is 0 Å². The normalized spacial score (nSPS) is 13.9. The van der Waals surface area contributed by atoms with Crippen LogP contribution in [0.25, 0.3) is 0 Å². The Morgan fingerprint density at radius 3 is 2.08 bits per heavy atom. The molecule has 0 aliphatic carbocycles. The summed E-state index contributed by atoms with van der Waals surface area (Å²) in [6.07, 6.45) is 0.593. The lowest BCUT2D eigenvalue weighted by Gasteiger charge is -2.12. The fraction of sp³-hybridized carbons (Fsp3) is 0.800. The summed E-state index contributed by atoms with van der Waals surface area (Å²) in [5.41, 5.74) is 19.7. The van der Waals surface area contributed by atoms with Crippen molar-refractivity contribution in [2.75, 3.05) is 6.61 Å². The molecule has 0 spiro atoms. The fourth-order valence-corrected chi connectivity index (χ4v) is 0.504. The molecule has 0 aromatic heterocycles. The van der Waals surface area contributed by atoms with Gasteiger partial charge in [0.1, 0.15) is 0 Å². The molecular weight excluding hydrogens is 176 g/mol. The summed E-state index contributed by atoms with van der Waals surface area (Å²) >= 11 is 0. The molecule has 0 fully saturated rings. The van der Waals surface area contributed by atoms with Gasteiger partial charge in [-0.05, 0) is 6.42 Å². The van der Waals surface area contributed by atoms with Gasteiger partial charge in [-0.15, -0.1) is 15.3 Å². The minimum Gasteiger partial charge on any atom is -0.461 e. The van der Waals surface area contributed by atoms with Crippen LogP contribution in [0.2, 0.25) is 0 Å². The van der Waals surface area contributed by atoms with Gasteiger partial charge in [-0.3, -0.25) is 0 Å². The SMILES string of the molecule is CCCOC(=O)C(N=N)(N=N)N=N. The first-order valence-electron chi connectivity index (χ1n) is 3.50. The molecule has 0 aliphatic heterocycles. The number of nitrogens with one attached hydrogen (secondary N) is 3. The molecule has 8 heteroatoms. The minimum atomic E-state index is -2.35. The number of esters is 1. The molecule has 8 nitrogen and oxygen atoms in total. The van der Waals surface area contributed by atoms with E-state index in [1.807, 2.05) is 0 Å². The summed E-state index contributed by atoms with van der Waals surface area (Å²) < 4.78 is 4.55. The van der Waals surface area contributed by atoms with Crippen LogP contribution in [-0.2, 0) is 9.53 Å². The predicted octanol–water partition coefficient (Wildman–Crippen LogP) is 1.69. The maximum Gasteiger partial charge on any atom is 0.396 e. The van der Waals surface area contributed by atoms with Crippen LogP contribution in [-0.4, -0.2) is 18.4 Å². The average molecular weight is 186 g/mol. The first kappa shape index (κ1) is 11.3. The lowest BCUT2D eigenvalue weighted by atomic mass is 10.4. The molecule has 0 aliphatic rings. The zero-order valence-corrected chi connectivity index (χ0v) is 7.07. The van der Waals surface area contributed by atoms with Crippen molar-refractivity contribution >= 4 is 5.97 Å². The lowest BCUT2D eigenvalue weighted by molar-refractivity contribution is -0.150. The van der Waals surface area contributed by atoms with E-state index in [2.05, 4.69) is 20.1 Å². The smallest absolute Gasteiger partial charge is 0.396 e. The third-order valence-electron chi connectivity index (χ3n) is 1.18. The Morgan fingerprint density at radius 1 is 1.31 bits per heavy atom. The average Bonchev–Trinajstić information content (AvgIpc) is 2.18. The summed E-state index contributed by atoms with van der Waals surface area (Å²) in [6.45, 7) is 1.91. The fourth-order valence-electron chi connectivity index (χ4n) is 0.504. The number of hydrogen-bond donors (Lipinski definition) is 3. The van der Waals surface area contributed by atoms with Gasteiger partial charge in [0.2, 0.25) is 0 Å². The van der Waals surface area contributed by atoms with Crippen LogP contribution in [0, 0.1) is 16.6 Å². The molecule has 0 heterocycles. The van der Waals surface area contributed by atoms with E-state index in [1.54, 1.807) is 6.92 Å². The van der Waals surface area contributed by atoms with Crippen molar-refractivity contribution < 1.29 is 9.53 Å². The molecule has 0 aromatic rings. The van der Waals surface area contributed by atoms with E-state index in [1.165, 1.54) is 0 Å². The number of carbonyl (C=O) groups is 1. The van der Waals surface area contributed by atoms with Crippen LogP contribution >= 0.6 is 0 Å². The monoisotopic (exact) mass is 186 g/mol. The Bertz CT molecular complexity index is 205. The number of ether oxygens (including phenoxy) is 1. The third-order valence-corrected chi connectivity index (χ3v) is 1.18. The lowest BCUT2D eigenvalue weighted by Crippen LogP contribution is -2.33. The van der Waals surface area contributed by atoms with Crippen molar-refractivity contribution in [3.05, 3.63) is 0 Å². The molecule has 0 bridgehead atoms. The highest BCUT2D eigenvalue weighted by Crippen LogP contribution is 2.16. The summed E-state index contributed by atoms with van der Waals surface area (Å²) in [7, 11) is 0. The molecule has 0 unspecified atom stereocenters. The molecule has 0 saturated carbocycles. The molecular formula is C5H10N6O2. The van der Waals surface area contributed by atoms with Crippen LogP contribution in [0.1, 0.15) is 13.3 Å². The van der Waals surface area contributed by atoms with Gasteiger partial charge in [0.05, 0.1) is 6.61 Å². The van der Waals surface area contributed by atoms with E-state index in [9.17, 15) is 4.79 Å². The van der Waals surface area contributed by atoms with Gasteiger partial charge in [-0.2, -0.15) is 0 Å². The summed E-state index contributed by atoms with van der Waals surface area (Å²) in [6, 6.07) is 0. The van der Waals surface area contributed by atoms with Crippen molar-refractivity contribution in [2.45, 2.75) is 19.1 Å². The maximum absolute atomic E-state index is 11.1. The van der Waals surface area contributed by atoms with Gasteiger partial charge in [0.15, 0.2) is 0 Å². The van der Waals surface area contributed by atoms with Crippen molar-refractivity contribution in [3.8, 4) is 0 Å². The molecule has 0 rings (SSSR count). The van der Waals surface area contributed by atoms with Crippen molar-refractivity contribution in [3.63, 3.8) is 0 Å². The number of rotatable bonds is 6. The largest absolute Gasteiger partial charge is 0.461 e. The van der Waals surface area contributed by atoms with Crippen LogP contribution in [0.4, 0.5) is 0 Å². The Balaban J connectivity index is 4.54. The van der Waals surface area contributed by atoms with Crippen molar-refractivity contribution in [1.82, 2.24) is 0 Å². The molecule has 0 atom stereocenters. The highest BCUT2D eigenvalue weighted by molar-refractivity contribution is 5.79. The Labute approximate surface area is 74.2 Å². The second kappa shape index (κ2) is 5.01. The van der Waals surface area contributed by atoms with Crippen LogP contribution in [0.15, 0.2) is 15.3 Å². The Morgan fingerprint density at radius 2 is 1.77 bits per heavy atom. The van der Waals surface area contributed by atoms with E-state index in [-0.39, 0.29) is 6.61 Å². The zero-order valence-electron chi connectivity index (χ0n) is 7.07. The Hall–Kier alpha value is -1.73. The van der Waals surface area contributed by atoms with Crippen LogP contribution in [0.5, 0.6) is 0 Å². The summed E-state index contributed by atoms with van der Waals surface area (Å²) in [4.78, 5) is 11.1. The highest BCUT2D eigenvalue weighted by Gasteiger charge is 2.40. The van der Waals surface area contributed by atoms with Gasteiger partial charge >= 0.3 is 11.8 Å². The number of hydrogen-bond acceptors (Lipinski definition) is 8. The van der Waals surface area contributed by atoms with Crippen molar-refractivity contribution in [2.24, 2.45) is 15.3 Å². The standard InChI is InChI=1S/C5H10N6O2/c1-2-3-13-4(12)5(9-6,10-7)11-8/h6-8H,2-3H2,1H3. The second-order valence-corrected chi connectivity index (χ2v) is 2.11. The first-order valence-corrected chi connectivity index (χ1v) is 3.50. The van der Waals surface area contributed by atoms with E-state index in [0.29, 0.717) is 6.42 Å². The molecule has 0 aromatic carbocycles. The van der Waals surface area contributed by atoms with E-state index < -0.39 is 11.8 Å². The van der Waals surface area contributed by atoms with Gasteiger partial charge in [-0.25, -0.2) is 21.4 Å². The van der Waals surface area contributed by atoms with Crippen LogP contribution < -0.4 is 0 Å². The quantitative estimate of drug-likeness (QED) is 0.429. The Kier molecular flexibility index (Phi) is 4.34. The summed E-state index contributed by atoms with van der Waals surface area (Å²) in [5.74, 6) is -3.43. The third kappa shape index (κ3) is 2.36. The van der Waals surface area contributed by atoms with E-state index >= 15 is 0 Å². The van der Waals surface area contributed by atoms with Gasteiger partial charge < -0.3 is 4.74 Å². The minimum absolute atomic E-state index is 0.126.